The predicted molar refractivity (Wildman–Crippen MR) is 175 cm³/mol. The van der Waals surface area contributed by atoms with Crippen molar-refractivity contribution in [2.24, 2.45) is 5.92 Å². The summed E-state index contributed by atoms with van der Waals surface area (Å²) >= 11 is 0. The van der Waals surface area contributed by atoms with E-state index in [1.54, 1.807) is 23.0 Å². The van der Waals surface area contributed by atoms with E-state index in [0.29, 0.717) is 31.2 Å². The average Bonchev–Trinajstić information content (AvgIpc) is 3.62. The predicted octanol–water partition coefficient (Wildman–Crippen LogP) is 4.81. The maximum Gasteiger partial charge on any atom is 0.321 e. The second-order valence-corrected chi connectivity index (χ2v) is 12.4. The molecule has 6 rings (SSSR count). The molecule has 2 aromatic carbocycles. The Morgan fingerprint density at radius 2 is 1.77 bits per heavy atom. The molecule has 11 heteroatoms. The van der Waals surface area contributed by atoms with Crippen LogP contribution in [-0.2, 0) is 16.1 Å². The van der Waals surface area contributed by atoms with Crippen molar-refractivity contribution in [2.45, 2.75) is 62.8 Å². The standard InChI is InChI=1S/C36H41N5O6/c1-45-28-16-14-25(15-17-28)22-40-18-10-5-3-4-9-13-27-21-36(27,24-42)39-34(43)30-19-29(23-41(30)35(40)44)47-32-20-31(46-2)37-33(38-32)26-11-7-6-8-12-26/h6-9,11-17,20,24,27,29-30H,3-5,10,18-19,21-23H2,1-2H3,(H,39,43)/b13-9+. The molecule has 0 radical (unpaired) electrons. The van der Waals surface area contributed by atoms with Gasteiger partial charge in [0.05, 0.1) is 26.8 Å². The third-order valence-corrected chi connectivity index (χ3v) is 9.11. The first-order valence-corrected chi connectivity index (χ1v) is 16.2. The molecule has 2 fully saturated rings. The number of aromatic nitrogens is 2. The first-order valence-electron chi connectivity index (χ1n) is 16.2. The fourth-order valence-electron chi connectivity index (χ4n) is 6.34. The van der Waals surface area contributed by atoms with Gasteiger partial charge >= 0.3 is 6.03 Å². The number of methoxy groups -OCH3 is 2. The minimum atomic E-state index is -0.950. The highest BCUT2D eigenvalue weighted by Crippen LogP contribution is 2.43. The van der Waals surface area contributed by atoms with Gasteiger partial charge in [-0.25, -0.2) is 4.79 Å². The molecule has 3 aromatic rings. The molecule has 1 aliphatic carbocycles. The third-order valence-electron chi connectivity index (χ3n) is 9.11. The number of hydrogen-bond donors (Lipinski definition) is 1. The summed E-state index contributed by atoms with van der Waals surface area (Å²) in [5.41, 5.74) is 0.802. The molecule has 1 saturated carbocycles. The van der Waals surface area contributed by atoms with Crippen LogP contribution < -0.4 is 19.5 Å². The van der Waals surface area contributed by atoms with Crippen molar-refractivity contribution in [2.75, 3.05) is 27.3 Å². The number of aldehydes is 1. The Labute approximate surface area is 274 Å². The molecule has 3 aliphatic rings. The number of amides is 3. The van der Waals surface area contributed by atoms with Crippen molar-refractivity contribution in [3.05, 3.63) is 78.4 Å². The Morgan fingerprint density at radius 1 is 0.979 bits per heavy atom. The summed E-state index contributed by atoms with van der Waals surface area (Å²) < 4.78 is 17.1. The highest BCUT2D eigenvalue weighted by Gasteiger charge is 2.55. The fraction of sp³-hybridized carbons (Fsp3) is 0.417. The Kier molecular flexibility index (Phi) is 9.70. The quantitative estimate of drug-likeness (QED) is 0.275. The number of ether oxygens (including phenoxy) is 3. The van der Waals surface area contributed by atoms with Crippen molar-refractivity contribution >= 4 is 18.2 Å². The number of benzene rings is 2. The van der Waals surface area contributed by atoms with E-state index < -0.39 is 17.7 Å². The van der Waals surface area contributed by atoms with Crippen LogP contribution in [0.25, 0.3) is 11.4 Å². The Balaban J connectivity index is 1.28. The lowest BCUT2D eigenvalue weighted by Gasteiger charge is -2.32. The normalized spacial score (nSPS) is 25.4. The maximum absolute atomic E-state index is 14.4. The van der Waals surface area contributed by atoms with Gasteiger partial charge in [-0.3, -0.25) is 4.79 Å². The van der Waals surface area contributed by atoms with Gasteiger partial charge in [-0.2, -0.15) is 9.97 Å². The Morgan fingerprint density at radius 3 is 2.51 bits per heavy atom. The number of nitrogens with zero attached hydrogens (tertiary/aromatic N) is 4. The molecular weight excluding hydrogens is 598 g/mol. The molecule has 3 amide bonds. The molecule has 2 aliphatic heterocycles. The Hall–Kier alpha value is -4.93. The topological polar surface area (TPSA) is 123 Å². The molecule has 1 aromatic heterocycles. The summed E-state index contributed by atoms with van der Waals surface area (Å²) in [7, 11) is 3.14. The van der Waals surface area contributed by atoms with Crippen LogP contribution in [0.5, 0.6) is 17.5 Å². The van der Waals surface area contributed by atoms with Crippen LogP contribution in [0.15, 0.2) is 72.8 Å². The lowest BCUT2D eigenvalue weighted by Crippen LogP contribution is -2.53. The van der Waals surface area contributed by atoms with E-state index in [4.69, 9.17) is 14.2 Å². The van der Waals surface area contributed by atoms with Crippen molar-refractivity contribution < 1.29 is 28.6 Å². The van der Waals surface area contributed by atoms with Crippen molar-refractivity contribution in [1.29, 1.82) is 0 Å². The van der Waals surface area contributed by atoms with E-state index >= 15 is 0 Å². The molecule has 0 bridgehead atoms. The monoisotopic (exact) mass is 639 g/mol. The molecule has 246 valence electrons. The SMILES string of the molecule is COc1ccc(CN2CCCCC/C=C/C3CC3(C=O)NC(=O)C3CC(Oc4cc(OC)nc(-c5ccccc5)n4)CN3C2=O)cc1. The average molecular weight is 640 g/mol. The number of carbonyl (C=O) groups is 3. The van der Waals surface area contributed by atoms with E-state index in [-0.39, 0.29) is 36.7 Å². The Bertz CT molecular complexity index is 1600. The summed E-state index contributed by atoms with van der Waals surface area (Å²) in [5, 5.41) is 3.00. The van der Waals surface area contributed by atoms with E-state index in [9.17, 15) is 14.4 Å². The fourth-order valence-corrected chi connectivity index (χ4v) is 6.34. The van der Waals surface area contributed by atoms with E-state index in [0.717, 1.165) is 48.8 Å². The first-order chi connectivity index (χ1) is 22.9. The highest BCUT2D eigenvalue weighted by molar-refractivity contribution is 5.91. The van der Waals surface area contributed by atoms with Crippen LogP contribution in [-0.4, -0.2) is 83.0 Å². The van der Waals surface area contributed by atoms with E-state index in [2.05, 4.69) is 21.4 Å². The van der Waals surface area contributed by atoms with Gasteiger partial charge in [-0.15, -0.1) is 0 Å². The smallest absolute Gasteiger partial charge is 0.321 e. The molecule has 47 heavy (non-hydrogen) atoms. The number of nitrogens with one attached hydrogen (secondary N) is 1. The van der Waals surface area contributed by atoms with Crippen LogP contribution in [0.1, 0.15) is 44.1 Å². The summed E-state index contributed by atoms with van der Waals surface area (Å²) in [5.74, 6) is 1.37. The zero-order chi connectivity index (χ0) is 32.8. The molecule has 4 atom stereocenters. The van der Waals surface area contributed by atoms with Gasteiger partial charge in [0.15, 0.2) is 5.82 Å². The molecule has 0 spiro atoms. The zero-order valence-corrected chi connectivity index (χ0v) is 26.8. The maximum atomic E-state index is 14.4. The summed E-state index contributed by atoms with van der Waals surface area (Å²) in [4.78, 5) is 53.0. The number of hydrogen-bond acceptors (Lipinski definition) is 8. The second-order valence-electron chi connectivity index (χ2n) is 12.4. The molecule has 4 unspecified atom stereocenters. The number of urea groups is 1. The van der Waals surface area contributed by atoms with Crippen LogP contribution >= 0.6 is 0 Å². The summed E-state index contributed by atoms with van der Waals surface area (Å²) in [6.07, 6.45) is 8.86. The van der Waals surface area contributed by atoms with Gasteiger partial charge in [0, 0.05) is 31.0 Å². The molecule has 1 saturated heterocycles. The molecular formula is C36H41N5O6. The van der Waals surface area contributed by atoms with Crippen LogP contribution in [0.2, 0.25) is 0 Å². The molecule has 1 N–H and O–H groups in total. The number of carbonyl (C=O) groups excluding carboxylic acids is 3. The summed E-state index contributed by atoms with van der Waals surface area (Å²) in [6, 6.07) is 17.7. The molecule has 11 nitrogen and oxygen atoms in total. The highest BCUT2D eigenvalue weighted by atomic mass is 16.5. The lowest BCUT2D eigenvalue weighted by atomic mass is 10.1. The van der Waals surface area contributed by atoms with Gasteiger partial charge in [0.25, 0.3) is 0 Å². The largest absolute Gasteiger partial charge is 0.497 e. The lowest BCUT2D eigenvalue weighted by molar-refractivity contribution is -0.128. The minimum absolute atomic E-state index is 0.0526. The van der Waals surface area contributed by atoms with Crippen LogP contribution in [0, 0.1) is 5.92 Å². The van der Waals surface area contributed by atoms with Gasteiger partial charge in [0.1, 0.15) is 29.7 Å². The van der Waals surface area contributed by atoms with Crippen LogP contribution in [0.4, 0.5) is 4.79 Å². The first kappa shape index (κ1) is 32.0. The second kappa shape index (κ2) is 14.2. The van der Waals surface area contributed by atoms with E-state index in [1.807, 2.05) is 60.7 Å². The minimum Gasteiger partial charge on any atom is -0.497 e. The van der Waals surface area contributed by atoms with Gasteiger partial charge in [-0.05, 0) is 43.4 Å². The third kappa shape index (κ3) is 7.40. The summed E-state index contributed by atoms with van der Waals surface area (Å²) in [6.45, 7) is 1.08. The van der Waals surface area contributed by atoms with Gasteiger partial charge in [-0.1, -0.05) is 61.0 Å². The van der Waals surface area contributed by atoms with Crippen molar-refractivity contribution in [3.8, 4) is 28.9 Å². The van der Waals surface area contributed by atoms with Crippen molar-refractivity contribution in [3.63, 3.8) is 0 Å². The number of fused-ring (bicyclic) bond motifs is 2. The van der Waals surface area contributed by atoms with Gasteiger partial charge in [0.2, 0.25) is 17.7 Å². The van der Waals surface area contributed by atoms with Crippen LogP contribution in [0.3, 0.4) is 0 Å². The van der Waals surface area contributed by atoms with E-state index in [1.165, 1.54) is 7.11 Å². The zero-order valence-electron chi connectivity index (χ0n) is 26.8. The van der Waals surface area contributed by atoms with Crippen molar-refractivity contribution in [1.82, 2.24) is 25.1 Å². The number of rotatable bonds is 8. The number of allylic oxidation sites excluding steroid dienone is 1. The van der Waals surface area contributed by atoms with Gasteiger partial charge < -0.3 is 34.1 Å². The molecule has 3 heterocycles.